The van der Waals surface area contributed by atoms with E-state index in [0.717, 1.165) is 0 Å². The Hall–Kier alpha value is -2.02. The SMILES string of the molecule is CC[N+](=C=O)c1cccc(N=C=O)c1. The number of nitrogens with zero attached hydrogens (tertiary/aromatic N) is 2. The van der Waals surface area contributed by atoms with E-state index in [2.05, 4.69) is 4.99 Å². The van der Waals surface area contributed by atoms with Crippen LogP contribution in [0.1, 0.15) is 6.92 Å². The first-order valence-corrected chi connectivity index (χ1v) is 4.15. The van der Waals surface area contributed by atoms with Gasteiger partial charge < -0.3 is 0 Å². The van der Waals surface area contributed by atoms with E-state index in [1.54, 1.807) is 30.3 Å². The Labute approximate surface area is 81.2 Å². The fraction of sp³-hybridized carbons (Fsp3) is 0.200. The molecule has 0 saturated heterocycles. The van der Waals surface area contributed by atoms with Crippen LogP contribution in [0.4, 0.5) is 11.4 Å². The quantitative estimate of drug-likeness (QED) is 0.412. The normalized spacial score (nSPS) is 8.64. The Bertz CT molecular complexity index is 428. The van der Waals surface area contributed by atoms with Crippen LogP contribution in [0.25, 0.3) is 0 Å². The van der Waals surface area contributed by atoms with Gasteiger partial charge in [-0.1, -0.05) is 6.07 Å². The second-order valence-corrected chi connectivity index (χ2v) is 2.56. The summed E-state index contributed by atoms with van der Waals surface area (Å²) in [6.45, 7) is 2.36. The maximum atomic E-state index is 10.5. The Morgan fingerprint density at radius 3 is 2.79 bits per heavy atom. The number of benzene rings is 1. The van der Waals surface area contributed by atoms with E-state index in [1.807, 2.05) is 6.92 Å². The lowest BCUT2D eigenvalue weighted by Gasteiger charge is -1.94. The number of rotatable bonds is 3. The molecule has 0 radical (unpaired) electrons. The summed E-state index contributed by atoms with van der Waals surface area (Å²) >= 11 is 0. The van der Waals surface area contributed by atoms with Crippen LogP contribution in [0.3, 0.4) is 0 Å². The van der Waals surface area contributed by atoms with Crippen LogP contribution in [0, 0.1) is 0 Å². The van der Waals surface area contributed by atoms with E-state index in [1.165, 1.54) is 10.7 Å². The standard InChI is InChI=1S/C10H9N2O2/c1-2-12(8-14)10-5-3-4-9(6-10)11-7-13/h3-6H,2H2,1H3/q+1. The molecule has 0 amide bonds. The highest BCUT2D eigenvalue weighted by Crippen LogP contribution is 2.18. The third-order valence-corrected chi connectivity index (χ3v) is 1.74. The van der Waals surface area contributed by atoms with Crippen molar-refractivity contribution in [3.8, 4) is 0 Å². The molecule has 0 spiro atoms. The molecule has 0 bridgehead atoms. The molecular weight excluding hydrogens is 180 g/mol. The van der Waals surface area contributed by atoms with Crippen LogP contribution in [-0.2, 0) is 9.59 Å². The van der Waals surface area contributed by atoms with Crippen molar-refractivity contribution in [2.24, 2.45) is 4.99 Å². The van der Waals surface area contributed by atoms with Gasteiger partial charge in [-0.2, -0.15) is 9.79 Å². The molecule has 0 N–H and O–H groups in total. The molecule has 70 valence electrons. The lowest BCUT2D eigenvalue weighted by molar-refractivity contribution is -0.433. The molecule has 0 atom stereocenters. The second-order valence-electron chi connectivity index (χ2n) is 2.56. The van der Waals surface area contributed by atoms with E-state index < -0.39 is 0 Å². The summed E-state index contributed by atoms with van der Waals surface area (Å²) in [5.74, 6) is 0. The first kappa shape index (κ1) is 10.1. The lowest BCUT2D eigenvalue weighted by Crippen LogP contribution is -2.01. The topological polar surface area (TPSA) is 49.5 Å². The van der Waals surface area contributed by atoms with Gasteiger partial charge in [-0.15, -0.1) is 4.58 Å². The average molecular weight is 189 g/mol. The maximum absolute atomic E-state index is 10.5. The lowest BCUT2D eigenvalue weighted by atomic mass is 10.3. The summed E-state index contributed by atoms with van der Waals surface area (Å²) in [7, 11) is 0. The van der Waals surface area contributed by atoms with Crippen molar-refractivity contribution in [1.29, 1.82) is 0 Å². The summed E-state index contributed by atoms with van der Waals surface area (Å²) in [5, 5.41) is 0. The van der Waals surface area contributed by atoms with Gasteiger partial charge in [0.15, 0.2) is 6.54 Å². The average Bonchev–Trinajstić information content (AvgIpc) is 2.21. The number of aliphatic imine (C=N–C) groups is 1. The summed E-state index contributed by atoms with van der Waals surface area (Å²) in [6.07, 6.45) is 3.22. The van der Waals surface area contributed by atoms with Gasteiger partial charge in [-0.05, 0) is 13.0 Å². The Morgan fingerprint density at radius 1 is 1.43 bits per heavy atom. The van der Waals surface area contributed by atoms with E-state index in [-0.39, 0.29) is 0 Å². The Morgan fingerprint density at radius 2 is 2.21 bits per heavy atom. The van der Waals surface area contributed by atoms with Gasteiger partial charge in [-0.3, -0.25) is 0 Å². The van der Waals surface area contributed by atoms with E-state index in [4.69, 9.17) is 0 Å². The van der Waals surface area contributed by atoms with Crippen molar-refractivity contribution in [2.75, 3.05) is 6.54 Å². The zero-order chi connectivity index (χ0) is 10.4. The minimum atomic E-state index is 0.478. The third kappa shape index (κ3) is 2.23. The zero-order valence-electron chi connectivity index (χ0n) is 7.73. The van der Waals surface area contributed by atoms with Gasteiger partial charge in [0.2, 0.25) is 11.8 Å². The number of hydrogen-bond donors (Lipinski definition) is 0. The van der Waals surface area contributed by atoms with Crippen molar-refractivity contribution in [3.05, 3.63) is 24.3 Å². The Kier molecular flexibility index (Phi) is 3.50. The first-order valence-electron chi connectivity index (χ1n) is 4.15. The van der Waals surface area contributed by atoms with Crippen LogP contribution in [-0.4, -0.2) is 23.3 Å². The van der Waals surface area contributed by atoms with Gasteiger partial charge in [0, 0.05) is 12.1 Å². The number of hydrogen-bond acceptors (Lipinski definition) is 3. The van der Waals surface area contributed by atoms with Crippen LogP contribution in [0.15, 0.2) is 29.3 Å². The molecule has 0 heterocycles. The second kappa shape index (κ2) is 4.87. The van der Waals surface area contributed by atoms with Gasteiger partial charge in [0.1, 0.15) is 0 Å². The summed E-state index contributed by atoms with van der Waals surface area (Å²) in [5.41, 5.74) is 1.14. The zero-order valence-corrected chi connectivity index (χ0v) is 7.73. The molecule has 0 saturated carbocycles. The molecule has 0 aliphatic heterocycles. The fourth-order valence-corrected chi connectivity index (χ4v) is 1.08. The number of isocyanates is 2. The molecule has 14 heavy (non-hydrogen) atoms. The van der Waals surface area contributed by atoms with Crippen molar-refractivity contribution in [1.82, 2.24) is 0 Å². The maximum Gasteiger partial charge on any atom is 0.430 e. The molecule has 1 aromatic rings. The largest absolute Gasteiger partial charge is 0.430 e. The summed E-state index contributed by atoms with van der Waals surface area (Å²) in [6, 6.07) is 6.75. The van der Waals surface area contributed by atoms with Gasteiger partial charge in [-0.25, -0.2) is 4.79 Å². The summed E-state index contributed by atoms with van der Waals surface area (Å²) < 4.78 is 1.39. The Balaban J connectivity index is 3.17. The predicted octanol–water partition coefficient (Wildman–Crippen LogP) is 1.65. The van der Waals surface area contributed by atoms with Crippen molar-refractivity contribution in [3.63, 3.8) is 0 Å². The molecule has 0 aliphatic rings. The minimum Gasteiger partial charge on any atom is -0.211 e. The third-order valence-electron chi connectivity index (χ3n) is 1.74. The van der Waals surface area contributed by atoms with E-state index >= 15 is 0 Å². The highest BCUT2D eigenvalue weighted by Gasteiger charge is 2.07. The van der Waals surface area contributed by atoms with E-state index in [0.29, 0.717) is 17.9 Å². The van der Waals surface area contributed by atoms with Crippen molar-refractivity contribution in [2.45, 2.75) is 6.92 Å². The molecule has 1 aromatic carbocycles. The van der Waals surface area contributed by atoms with Gasteiger partial charge in [0.25, 0.3) is 0 Å². The van der Waals surface area contributed by atoms with E-state index in [9.17, 15) is 9.59 Å². The molecule has 0 fully saturated rings. The molecule has 4 nitrogen and oxygen atoms in total. The highest BCUT2D eigenvalue weighted by atomic mass is 16.1. The fourth-order valence-electron chi connectivity index (χ4n) is 1.08. The molecule has 1 rings (SSSR count). The monoisotopic (exact) mass is 189 g/mol. The summed E-state index contributed by atoms with van der Waals surface area (Å²) in [4.78, 5) is 24.0. The molecule has 0 aliphatic carbocycles. The highest BCUT2D eigenvalue weighted by molar-refractivity contribution is 5.53. The molecular formula is C10H9N2O2+. The smallest absolute Gasteiger partial charge is 0.211 e. The van der Waals surface area contributed by atoms with Crippen LogP contribution >= 0.6 is 0 Å². The van der Waals surface area contributed by atoms with Crippen LogP contribution in [0.2, 0.25) is 0 Å². The number of carbonyl (C=O) groups excluding carboxylic acids is 2. The molecule has 0 unspecified atom stereocenters. The minimum absolute atomic E-state index is 0.478. The molecule has 4 heteroatoms. The van der Waals surface area contributed by atoms with Crippen molar-refractivity contribution < 1.29 is 14.2 Å². The van der Waals surface area contributed by atoms with Crippen LogP contribution < -0.4 is 0 Å². The molecule has 0 aromatic heterocycles. The van der Waals surface area contributed by atoms with Gasteiger partial charge in [0.05, 0.1) is 5.69 Å². The van der Waals surface area contributed by atoms with Crippen LogP contribution in [0.5, 0.6) is 0 Å². The predicted molar refractivity (Wildman–Crippen MR) is 50.4 cm³/mol. The first-order chi connectivity index (χ1) is 6.81. The van der Waals surface area contributed by atoms with Crippen molar-refractivity contribution >= 4 is 23.5 Å². The van der Waals surface area contributed by atoms with Gasteiger partial charge >= 0.3 is 6.08 Å².